The van der Waals surface area contributed by atoms with Crippen LogP contribution in [0.4, 0.5) is 0 Å². The van der Waals surface area contributed by atoms with Gasteiger partial charge in [-0.15, -0.1) is 0 Å². The third-order valence-corrected chi connectivity index (χ3v) is 5.48. The minimum absolute atomic E-state index is 0.539. The van der Waals surface area contributed by atoms with Crippen molar-refractivity contribution in [3.05, 3.63) is 48.4 Å². The van der Waals surface area contributed by atoms with Gasteiger partial charge in [0.15, 0.2) is 0 Å². The zero-order valence-corrected chi connectivity index (χ0v) is 13.2. The van der Waals surface area contributed by atoms with Gasteiger partial charge in [0.05, 0.1) is 22.9 Å². The number of fused-ring (bicyclic) bond motifs is 1. The Morgan fingerprint density at radius 3 is 2.74 bits per heavy atom. The highest BCUT2D eigenvalue weighted by atomic mass is 15.3. The Kier molecular flexibility index (Phi) is 2.89. The number of nitrogens with two attached hydrogens (primary N) is 1. The number of para-hydroxylation sites is 1. The van der Waals surface area contributed by atoms with E-state index in [9.17, 15) is 0 Å². The molecule has 1 aromatic carbocycles. The zero-order chi connectivity index (χ0) is 15.4. The summed E-state index contributed by atoms with van der Waals surface area (Å²) in [5.41, 5.74) is 9.59. The molecule has 0 bridgehead atoms. The summed E-state index contributed by atoms with van der Waals surface area (Å²) < 4.78 is 4.52. The van der Waals surface area contributed by atoms with Gasteiger partial charge < -0.3 is 10.3 Å². The van der Waals surface area contributed by atoms with Crippen LogP contribution in [0.1, 0.15) is 43.3 Å². The highest BCUT2D eigenvalue weighted by molar-refractivity contribution is 5.82. The predicted octanol–water partition coefficient (Wildman–Crippen LogP) is 3.61. The van der Waals surface area contributed by atoms with E-state index < -0.39 is 0 Å². The van der Waals surface area contributed by atoms with Gasteiger partial charge in [0.25, 0.3) is 0 Å². The normalized spacial score (nSPS) is 24.0. The molecular formula is C19H22N4. The molecule has 3 aromatic rings. The second kappa shape index (κ2) is 4.96. The monoisotopic (exact) mass is 306 g/mol. The lowest BCUT2D eigenvalue weighted by atomic mass is 9.80. The molecule has 0 atom stereocenters. The summed E-state index contributed by atoms with van der Waals surface area (Å²) in [6.45, 7) is 0.808. The van der Waals surface area contributed by atoms with Crippen molar-refractivity contribution in [2.75, 3.05) is 6.54 Å². The molecule has 2 N–H and O–H groups in total. The molecule has 2 fully saturated rings. The number of benzene rings is 1. The van der Waals surface area contributed by atoms with Gasteiger partial charge in [0.2, 0.25) is 0 Å². The second-order valence-electron chi connectivity index (χ2n) is 7.13. The second-order valence-corrected chi connectivity index (χ2v) is 7.13. The van der Waals surface area contributed by atoms with Crippen molar-refractivity contribution < 1.29 is 0 Å². The van der Waals surface area contributed by atoms with Gasteiger partial charge in [-0.05, 0) is 55.7 Å². The fraction of sp³-hybridized carbons (Fsp3) is 0.421. The standard InChI is InChI=1S/C19H22N4/c20-11-13-9-16(10-13)23-12-18(19(21-23)15-5-6-15)22-8-7-14-3-1-2-4-17(14)22/h1-4,7-8,12-13,15-16H,5-6,9-11,20H2. The lowest BCUT2D eigenvalue weighted by molar-refractivity contribution is 0.189. The summed E-state index contributed by atoms with van der Waals surface area (Å²) in [4.78, 5) is 0. The van der Waals surface area contributed by atoms with E-state index in [-0.39, 0.29) is 0 Å². The maximum absolute atomic E-state index is 5.77. The van der Waals surface area contributed by atoms with E-state index >= 15 is 0 Å². The van der Waals surface area contributed by atoms with Crippen LogP contribution >= 0.6 is 0 Å². The van der Waals surface area contributed by atoms with Crippen LogP contribution in [-0.2, 0) is 0 Å². The third-order valence-electron chi connectivity index (χ3n) is 5.48. The van der Waals surface area contributed by atoms with Gasteiger partial charge >= 0.3 is 0 Å². The molecule has 5 rings (SSSR count). The van der Waals surface area contributed by atoms with Crippen LogP contribution in [0.2, 0.25) is 0 Å². The lowest BCUT2D eigenvalue weighted by Gasteiger charge is -2.34. The summed E-state index contributed by atoms with van der Waals surface area (Å²) in [7, 11) is 0. The number of aromatic nitrogens is 3. The van der Waals surface area contributed by atoms with Crippen molar-refractivity contribution in [1.29, 1.82) is 0 Å². The summed E-state index contributed by atoms with van der Waals surface area (Å²) >= 11 is 0. The molecular weight excluding hydrogens is 284 g/mol. The average molecular weight is 306 g/mol. The van der Waals surface area contributed by atoms with Crippen molar-refractivity contribution in [3.8, 4) is 5.69 Å². The van der Waals surface area contributed by atoms with Crippen molar-refractivity contribution >= 4 is 10.9 Å². The van der Waals surface area contributed by atoms with E-state index in [1.807, 2.05) is 0 Å². The van der Waals surface area contributed by atoms with Crippen LogP contribution in [-0.4, -0.2) is 20.9 Å². The van der Waals surface area contributed by atoms with Crippen LogP contribution in [0.25, 0.3) is 16.6 Å². The van der Waals surface area contributed by atoms with E-state index in [0.29, 0.717) is 17.9 Å². The van der Waals surface area contributed by atoms with Gasteiger partial charge in [-0.1, -0.05) is 18.2 Å². The molecule has 4 heteroatoms. The third kappa shape index (κ3) is 2.12. The molecule has 2 aromatic heterocycles. The molecule has 118 valence electrons. The molecule has 2 aliphatic rings. The van der Waals surface area contributed by atoms with Crippen molar-refractivity contribution in [3.63, 3.8) is 0 Å². The number of rotatable bonds is 4. The smallest absolute Gasteiger partial charge is 0.0895 e. The van der Waals surface area contributed by atoms with Gasteiger partial charge in [0.1, 0.15) is 0 Å². The number of hydrogen-bond donors (Lipinski definition) is 1. The van der Waals surface area contributed by atoms with Crippen molar-refractivity contribution in [2.24, 2.45) is 11.7 Å². The van der Waals surface area contributed by atoms with Crippen LogP contribution in [0, 0.1) is 5.92 Å². The summed E-state index contributed by atoms with van der Waals surface area (Å²) in [5, 5.41) is 6.27. The van der Waals surface area contributed by atoms with Crippen LogP contribution in [0.5, 0.6) is 0 Å². The minimum atomic E-state index is 0.539. The predicted molar refractivity (Wildman–Crippen MR) is 91.9 cm³/mol. The topological polar surface area (TPSA) is 48.8 Å². The average Bonchev–Trinajstić information content (AvgIpc) is 3.15. The lowest BCUT2D eigenvalue weighted by Crippen LogP contribution is -2.32. The quantitative estimate of drug-likeness (QED) is 0.800. The molecule has 4 nitrogen and oxygen atoms in total. The number of nitrogens with zero attached hydrogens (tertiary/aromatic N) is 3. The summed E-state index contributed by atoms with van der Waals surface area (Å²) in [6.07, 6.45) is 9.35. The van der Waals surface area contributed by atoms with E-state index in [1.165, 1.54) is 48.0 Å². The van der Waals surface area contributed by atoms with Crippen LogP contribution in [0.15, 0.2) is 42.7 Å². The first-order valence-corrected chi connectivity index (χ1v) is 8.69. The Bertz CT molecular complexity index is 849. The highest BCUT2D eigenvalue weighted by Crippen LogP contribution is 2.44. The fourth-order valence-electron chi connectivity index (χ4n) is 3.82. The summed E-state index contributed by atoms with van der Waals surface area (Å²) in [6, 6.07) is 11.3. The molecule has 23 heavy (non-hydrogen) atoms. The molecule has 0 unspecified atom stereocenters. The van der Waals surface area contributed by atoms with E-state index in [0.717, 1.165) is 6.54 Å². The first kappa shape index (κ1) is 13.4. The van der Waals surface area contributed by atoms with Crippen LogP contribution < -0.4 is 5.73 Å². The van der Waals surface area contributed by atoms with Crippen molar-refractivity contribution in [2.45, 2.75) is 37.6 Å². The van der Waals surface area contributed by atoms with Gasteiger partial charge in [-0.2, -0.15) is 5.10 Å². The van der Waals surface area contributed by atoms with E-state index in [2.05, 4.69) is 52.0 Å². The Hall–Kier alpha value is -2.07. The molecule has 0 saturated heterocycles. The maximum Gasteiger partial charge on any atom is 0.0895 e. The molecule has 2 heterocycles. The first-order chi connectivity index (χ1) is 11.3. The van der Waals surface area contributed by atoms with E-state index in [4.69, 9.17) is 10.8 Å². The van der Waals surface area contributed by atoms with Crippen molar-refractivity contribution in [1.82, 2.24) is 14.3 Å². The van der Waals surface area contributed by atoms with Crippen LogP contribution in [0.3, 0.4) is 0 Å². The van der Waals surface area contributed by atoms with Gasteiger partial charge in [-0.3, -0.25) is 4.68 Å². The molecule has 2 aliphatic carbocycles. The van der Waals surface area contributed by atoms with Gasteiger partial charge in [-0.25, -0.2) is 0 Å². The highest BCUT2D eigenvalue weighted by Gasteiger charge is 2.34. The molecule has 0 aliphatic heterocycles. The summed E-state index contributed by atoms with van der Waals surface area (Å²) in [5.74, 6) is 1.34. The Morgan fingerprint density at radius 1 is 1.13 bits per heavy atom. The SMILES string of the molecule is NCC1CC(n2cc(-n3ccc4ccccc43)c(C3CC3)n2)C1. The van der Waals surface area contributed by atoms with Gasteiger partial charge in [0, 0.05) is 18.3 Å². The number of hydrogen-bond acceptors (Lipinski definition) is 2. The largest absolute Gasteiger partial charge is 0.330 e. The zero-order valence-electron chi connectivity index (χ0n) is 13.2. The molecule has 2 saturated carbocycles. The first-order valence-electron chi connectivity index (χ1n) is 8.69. The Morgan fingerprint density at radius 2 is 1.96 bits per heavy atom. The van der Waals surface area contributed by atoms with E-state index in [1.54, 1.807) is 0 Å². The minimum Gasteiger partial charge on any atom is -0.330 e. The molecule has 0 radical (unpaired) electrons. The Balaban J connectivity index is 1.58. The Labute approximate surface area is 135 Å². The maximum atomic E-state index is 5.77. The molecule has 0 amide bonds. The fourth-order valence-corrected chi connectivity index (χ4v) is 3.82. The molecule has 0 spiro atoms.